The molecule has 1 saturated carbocycles. The van der Waals surface area contributed by atoms with Crippen molar-refractivity contribution in [2.75, 3.05) is 6.54 Å². The first kappa shape index (κ1) is 12.6. The van der Waals surface area contributed by atoms with E-state index in [2.05, 4.69) is 19.2 Å². The highest BCUT2D eigenvalue weighted by atomic mass is 19.1. The molecule has 1 aromatic carbocycles. The lowest BCUT2D eigenvalue weighted by Crippen LogP contribution is -2.38. The first-order chi connectivity index (χ1) is 8.14. The monoisotopic (exact) mass is 235 g/mol. The van der Waals surface area contributed by atoms with Crippen molar-refractivity contribution < 1.29 is 4.39 Å². The first-order valence-corrected chi connectivity index (χ1v) is 6.62. The highest BCUT2D eigenvalue weighted by Crippen LogP contribution is 2.40. The molecule has 2 rings (SSSR count). The fourth-order valence-electron chi connectivity index (χ4n) is 2.56. The van der Waals surface area contributed by atoms with Crippen LogP contribution in [0.2, 0.25) is 0 Å². The van der Waals surface area contributed by atoms with Gasteiger partial charge in [-0.2, -0.15) is 0 Å². The van der Waals surface area contributed by atoms with E-state index < -0.39 is 0 Å². The van der Waals surface area contributed by atoms with Crippen molar-refractivity contribution in [2.24, 2.45) is 5.41 Å². The molecule has 1 nitrogen and oxygen atoms in total. The summed E-state index contributed by atoms with van der Waals surface area (Å²) >= 11 is 0. The van der Waals surface area contributed by atoms with E-state index in [9.17, 15) is 4.39 Å². The summed E-state index contributed by atoms with van der Waals surface area (Å²) in [6.45, 7) is 5.42. The van der Waals surface area contributed by atoms with Gasteiger partial charge in [-0.25, -0.2) is 4.39 Å². The van der Waals surface area contributed by atoms with Gasteiger partial charge in [0.15, 0.2) is 0 Å². The van der Waals surface area contributed by atoms with Crippen molar-refractivity contribution >= 4 is 0 Å². The normalized spacial score (nSPS) is 19.7. The summed E-state index contributed by atoms with van der Waals surface area (Å²) in [7, 11) is 0. The van der Waals surface area contributed by atoms with E-state index in [1.54, 1.807) is 12.1 Å². The van der Waals surface area contributed by atoms with Crippen LogP contribution in [0, 0.1) is 11.2 Å². The Bertz CT molecular complexity index is 371. The Morgan fingerprint density at radius 1 is 1.35 bits per heavy atom. The Balaban J connectivity index is 1.99. The number of hydrogen-bond donors (Lipinski definition) is 1. The van der Waals surface area contributed by atoms with E-state index in [1.807, 2.05) is 12.1 Å². The molecule has 17 heavy (non-hydrogen) atoms. The molecule has 94 valence electrons. The van der Waals surface area contributed by atoms with Gasteiger partial charge in [-0.3, -0.25) is 0 Å². The van der Waals surface area contributed by atoms with E-state index in [4.69, 9.17) is 0 Å². The van der Waals surface area contributed by atoms with Crippen LogP contribution in [0.15, 0.2) is 24.3 Å². The fourth-order valence-corrected chi connectivity index (χ4v) is 2.56. The predicted octanol–water partition coefficient (Wildman–Crippen LogP) is 4.06. The van der Waals surface area contributed by atoms with Gasteiger partial charge in [-0.05, 0) is 30.7 Å². The standard InChI is InChI=1S/C15H22FN/c1-3-14(12-7-4-5-8-13(12)16)17-11-15(2)9-6-10-15/h4-5,7-8,14,17H,3,6,9-11H2,1-2H3. The van der Waals surface area contributed by atoms with Gasteiger partial charge in [0, 0.05) is 18.2 Å². The van der Waals surface area contributed by atoms with Crippen LogP contribution in [0.1, 0.15) is 51.1 Å². The maximum Gasteiger partial charge on any atom is 0.127 e. The molecule has 0 bridgehead atoms. The molecule has 1 unspecified atom stereocenters. The molecule has 0 heterocycles. The van der Waals surface area contributed by atoms with E-state index in [-0.39, 0.29) is 11.9 Å². The second-order valence-corrected chi connectivity index (χ2v) is 5.53. The average molecular weight is 235 g/mol. The van der Waals surface area contributed by atoms with Gasteiger partial charge in [0.25, 0.3) is 0 Å². The SMILES string of the molecule is CCC(NCC1(C)CCC1)c1ccccc1F. The van der Waals surface area contributed by atoms with E-state index in [1.165, 1.54) is 19.3 Å². The summed E-state index contributed by atoms with van der Waals surface area (Å²) in [5.41, 5.74) is 1.25. The molecule has 1 fully saturated rings. The summed E-state index contributed by atoms with van der Waals surface area (Å²) in [6.07, 6.45) is 4.87. The van der Waals surface area contributed by atoms with Crippen LogP contribution in [0.5, 0.6) is 0 Å². The zero-order chi connectivity index (χ0) is 12.3. The first-order valence-electron chi connectivity index (χ1n) is 6.62. The molecule has 1 N–H and O–H groups in total. The van der Waals surface area contributed by atoms with Crippen LogP contribution in [0.25, 0.3) is 0 Å². The van der Waals surface area contributed by atoms with E-state index in [0.717, 1.165) is 18.5 Å². The van der Waals surface area contributed by atoms with Gasteiger partial charge < -0.3 is 5.32 Å². The van der Waals surface area contributed by atoms with Gasteiger partial charge in [0.2, 0.25) is 0 Å². The van der Waals surface area contributed by atoms with Crippen molar-refractivity contribution in [3.63, 3.8) is 0 Å². The van der Waals surface area contributed by atoms with Crippen LogP contribution >= 0.6 is 0 Å². The van der Waals surface area contributed by atoms with Gasteiger partial charge in [0.1, 0.15) is 5.82 Å². The zero-order valence-corrected chi connectivity index (χ0v) is 10.8. The number of benzene rings is 1. The smallest absolute Gasteiger partial charge is 0.127 e. The Kier molecular flexibility index (Phi) is 3.82. The molecule has 0 saturated heterocycles. The number of hydrogen-bond acceptors (Lipinski definition) is 1. The third-order valence-electron chi connectivity index (χ3n) is 4.02. The lowest BCUT2D eigenvalue weighted by atomic mass is 9.70. The molecule has 0 amide bonds. The quantitative estimate of drug-likeness (QED) is 0.811. The summed E-state index contributed by atoms with van der Waals surface area (Å²) < 4.78 is 13.7. The van der Waals surface area contributed by atoms with Crippen molar-refractivity contribution in [1.29, 1.82) is 0 Å². The third kappa shape index (κ3) is 2.86. The van der Waals surface area contributed by atoms with Crippen LogP contribution in [0.4, 0.5) is 4.39 Å². The van der Waals surface area contributed by atoms with Gasteiger partial charge in [-0.1, -0.05) is 38.5 Å². The minimum absolute atomic E-state index is 0.0920. The molecule has 0 spiro atoms. The van der Waals surface area contributed by atoms with Gasteiger partial charge in [0.05, 0.1) is 0 Å². The van der Waals surface area contributed by atoms with Crippen LogP contribution in [0.3, 0.4) is 0 Å². The molecule has 1 aliphatic carbocycles. The largest absolute Gasteiger partial charge is 0.309 e. The summed E-state index contributed by atoms with van der Waals surface area (Å²) in [5, 5.41) is 3.53. The molecular formula is C15H22FN. The number of nitrogens with one attached hydrogen (secondary N) is 1. The third-order valence-corrected chi connectivity index (χ3v) is 4.02. The number of rotatable bonds is 5. The highest BCUT2D eigenvalue weighted by Gasteiger charge is 2.32. The van der Waals surface area contributed by atoms with Crippen LogP contribution < -0.4 is 5.32 Å². The van der Waals surface area contributed by atoms with Crippen LogP contribution in [-0.4, -0.2) is 6.54 Å². The van der Waals surface area contributed by atoms with Gasteiger partial charge in [-0.15, -0.1) is 0 Å². The minimum atomic E-state index is -0.0920. The second-order valence-electron chi connectivity index (χ2n) is 5.53. The highest BCUT2D eigenvalue weighted by molar-refractivity contribution is 5.21. The van der Waals surface area contributed by atoms with E-state index >= 15 is 0 Å². The molecule has 0 aliphatic heterocycles. The average Bonchev–Trinajstić information content (AvgIpc) is 2.29. The summed E-state index contributed by atoms with van der Waals surface area (Å²) in [5.74, 6) is -0.0920. The second kappa shape index (κ2) is 5.18. The Hall–Kier alpha value is -0.890. The summed E-state index contributed by atoms with van der Waals surface area (Å²) in [6, 6.07) is 7.24. The van der Waals surface area contributed by atoms with Crippen molar-refractivity contribution in [3.8, 4) is 0 Å². The molecule has 0 radical (unpaired) electrons. The Morgan fingerprint density at radius 2 is 2.06 bits per heavy atom. The fraction of sp³-hybridized carbons (Fsp3) is 0.600. The van der Waals surface area contributed by atoms with Crippen molar-refractivity contribution in [3.05, 3.63) is 35.6 Å². The maximum atomic E-state index is 13.7. The molecular weight excluding hydrogens is 213 g/mol. The van der Waals surface area contributed by atoms with E-state index in [0.29, 0.717) is 5.41 Å². The van der Waals surface area contributed by atoms with Gasteiger partial charge >= 0.3 is 0 Å². The molecule has 1 aromatic rings. The number of halogens is 1. The Labute approximate surface area is 103 Å². The molecule has 1 atom stereocenters. The van der Waals surface area contributed by atoms with Crippen molar-refractivity contribution in [1.82, 2.24) is 5.32 Å². The molecule has 0 aromatic heterocycles. The zero-order valence-electron chi connectivity index (χ0n) is 10.8. The maximum absolute atomic E-state index is 13.7. The topological polar surface area (TPSA) is 12.0 Å². The lowest BCUT2D eigenvalue weighted by Gasteiger charge is -2.39. The minimum Gasteiger partial charge on any atom is -0.309 e. The molecule has 1 aliphatic rings. The predicted molar refractivity (Wildman–Crippen MR) is 69.4 cm³/mol. The Morgan fingerprint density at radius 3 is 2.59 bits per heavy atom. The van der Waals surface area contributed by atoms with Crippen LogP contribution in [-0.2, 0) is 0 Å². The summed E-state index contributed by atoms with van der Waals surface area (Å²) in [4.78, 5) is 0. The lowest BCUT2D eigenvalue weighted by molar-refractivity contribution is 0.150. The van der Waals surface area contributed by atoms with Crippen molar-refractivity contribution in [2.45, 2.75) is 45.6 Å². The molecule has 2 heteroatoms.